The maximum Gasteiger partial charge on any atom is 0.286 e. The van der Waals surface area contributed by atoms with E-state index in [1.54, 1.807) is 6.33 Å². The molecule has 0 spiro atoms. The summed E-state index contributed by atoms with van der Waals surface area (Å²) in [6.07, 6.45) is 6.98. The summed E-state index contributed by atoms with van der Waals surface area (Å²) in [5, 5.41) is 19.7. The Kier molecular flexibility index (Phi) is 3.24. The number of rotatable bonds is 2. The third-order valence-corrected chi connectivity index (χ3v) is 2.22. The van der Waals surface area contributed by atoms with Gasteiger partial charge in [-0.25, -0.2) is 10.1 Å². The highest BCUT2D eigenvalue weighted by atomic mass is 16.7. The van der Waals surface area contributed by atoms with Crippen LogP contribution in [0.1, 0.15) is 19.8 Å². The van der Waals surface area contributed by atoms with Crippen molar-refractivity contribution in [2.24, 2.45) is 0 Å². The van der Waals surface area contributed by atoms with Gasteiger partial charge in [-0.15, -0.1) is 9.36 Å². The maximum atomic E-state index is 9.07. The number of nitriles is 1. The number of nitrogens with zero attached hydrogens (tertiary/aromatic N) is 5. The molecule has 1 aliphatic carbocycles. The molecule has 2 rings (SSSR count). The van der Waals surface area contributed by atoms with Crippen molar-refractivity contribution in [1.82, 2.24) is 15.2 Å². The molecule has 0 unspecified atom stereocenters. The fourth-order valence-electron chi connectivity index (χ4n) is 1.03. The Labute approximate surface area is 91.2 Å². The molecule has 1 saturated carbocycles. The van der Waals surface area contributed by atoms with E-state index in [0.29, 0.717) is 0 Å². The Balaban J connectivity index is 0.000000187. The van der Waals surface area contributed by atoms with Crippen molar-refractivity contribution in [3.8, 4) is 6.19 Å². The van der Waals surface area contributed by atoms with Gasteiger partial charge in [0, 0.05) is 5.10 Å². The van der Waals surface area contributed by atoms with E-state index in [0.717, 1.165) is 6.19 Å². The summed E-state index contributed by atoms with van der Waals surface area (Å²) in [5.74, 6) is 5.44. The maximum absolute atomic E-state index is 9.07. The highest BCUT2D eigenvalue weighted by Gasteiger charge is 2.45. The molecule has 0 bridgehead atoms. The zero-order valence-electron chi connectivity index (χ0n) is 8.70. The first-order chi connectivity index (χ1) is 7.48. The zero-order valence-corrected chi connectivity index (χ0v) is 8.70. The number of hydrogen-bond acceptors (Lipinski definition) is 5. The molecule has 16 heavy (non-hydrogen) atoms. The molecule has 1 aromatic heterocycles. The van der Waals surface area contributed by atoms with Gasteiger partial charge in [0.25, 0.3) is 6.33 Å². The molecular formula is C7H12N7O2+. The summed E-state index contributed by atoms with van der Waals surface area (Å²) in [7, 11) is 0. The van der Waals surface area contributed by atoms with Gasteiger partial charge >= 0.3 is 0 Å². The third-order valence-electron chi connectivity index (χ3n) is 2.22. The number of aromatic nitrogens is 3. The molecule has 1 fully saturated rings. The minimum absolute atomic E-state index is 0.268. The Morgan fingerprint density at radius 2 is 2.44 bits per heavy atom. The molecule has 1 aromatic rings. The number of nitrogen functional groups attached to an aromatic ring is 1. The van der Waals surface area contributed by atoms with Crippen molar-refractivity contribution in [1.29, 1.82) is 5.26 Å². The largest absolute Gasteiger partial charge is 0.289 e. The van der Waals surface area contributed by atoms with E-state index < -0.39 is 5.03 Å². The molecule has 0 aliphatic heterocycles. The van der Waals surface area contributed by atoms with Crippen LogP contribution in [0.5, 0.6) is 0 Å². The lowest BCUT2D eigenvalue weighted by molar-refractivity contribution is -0.639. The van der Waals surface area contributed by atoms with Crippen molar-refractivity contribution in [3.63, 3.8) is 0 Å². The van der Waals surface area contributed by atoms with Crippen LogP contribution in [0, 0.1) is 21.6 Å². The van der Waals surface area contributed by atoms with Crippen LogP contribution in [0.4, 0.5) is 0 Å². The summed E-state index contributed by atoms with van der Waals surface area (Å²) in [6, 6.07) is 0. The number of nitrogens with one attached hydrogen (secondary N) is 1. The molecule has 0 saturated heterocycles. The summed E-state index contributed by atoms with van der Waals surface area (Å²) < 4.78 is 3.40. The molecule has 0 radical (unpaired) electrons. The zero-order chi connectivity index (χ0) is 12.2. The fourth-order valence-corrected chi connectivity index (χ4v) is 1.03. The Bertz CT molecular complexity index is 417. The standard InChI is InChI=1S/C6H11N4.CHN3O2/c1-6(2-3-6)10-5-9(7)4-8-10;2-1-3-4(5)6/h4-5H,2-3,7H2,1H3;3H/q+1;. The van der Waals surface area contributed by atoms with Crippen LogP contribution in [-0.4, -0.2) is 14.8 Å². The summed E-state index contributed by atoms with van der Waals surface area (Å²) in [4.78, 5) is 9.07. The van der Waals surface area contributed by atoms with Crippen molar-refractivity contribution in [2.75, 3.05) is 5.84 Å². The lowest BCUT2D eigenvalue weighted by Crippen LogP contribution is -2.42. The number of nitro groups is 1. The minimum Gasteiger partial charge on any atom is -0.289 e. The van der Waals surface area contributed by atoms with Gasteiger partial charge in [0.2, 0.25) is 12.5 Å². The van der Waals surface area contributed by atoms with Gasteiger partial charge in [0.05, 0.1) is 0 Å². The van der Waals surface area contributed by atoms with Crippen molar-refractivity contribution in [3.05, 3.63) is 22.8 Å². The molecule has 9 nitrogen and oxygen atoms in total. The van der Waals surface area contributed by atoms with Crippen LogP contribution in [0.3, 0.4) is 0 Å². The molecular weight excluding hydrogens is 214 g/mol. The van der Waals surface area contributed by atoms with E-state index >= 15 is 0 Å². The lowest BCUT2D eigenvalue weighted by Gasteiger charge is -1.96. The van der Waals surface area contributed by atoms with Crippen molar-refractivity contribution in [2.45, 2.75) is 25.3 Å². The highest BCUT2D eigenvalue weighted by molar-refractivity contribution is 4.93. The van der Waals surface area contributed by atoms with Gasteiger partial charge in [-0.1, -0.05) is 0 Å². The molecule has 0 atom stereocenters. The van der Waals surface area contributed by atoms with E-state index in [9.17, 15) is 0 Å². The van der Waals surface area contributed by atoms with Crippen molar-refractivity contribution < 1.29 is 9.71 Å². The molecule has 1 heterocycles. The SMILES string of the molecule is CC1(n2c[n+](N)cn2)CC1.N#CN[N+](=O)[O-]. The van der Waals surface area contributed by atoms with E-state index in [1.165, 1.54) is 22.9 Å². The van der Waals surface area contributed by atoms with E-state index in [2.05, 4.69) is 12.0 Å². The molecule has 9 heteroatoms. The van der Waals surface area contributed by atoms with E-state index in [4.69, 9.17) is 21.2 Å². The number of hydrazine groups is 1. The number of hydrogen-bond donors (Lipinski definition) is 2. The fraction of sp³-hybridized carbons (Fsp3) is 0.571. The second kappa shape index (κ2) is 4.43. The van der Waals surface area contributed by atoms with E-state index in [-0.39, 0.29) is 5.54 Å². The molecule has 1 aliphatic rings. The quantitative estimate of drug-likeness (QED) is 0.160. The van der Waals surface area contributed by atoms with Crippen LogP contribution < -0.4 is 15.9 Å². The normalized spacial score (nSPS) is 15.2. The Morgan fingerprint density at radius 1 is 1.81 bits per heavy atom. The van der Waals surface area contributed by atoms with E-state index in [1.807, 2.05) is 11.0 Å². The second-order valence-corrected chi connectivity index (χ2v) is 3.62. The van der Waals surface area contributed by atoms with Gasteiger partial charge < -0.3 is 0 Å². The van der Waals surface area contributed by atoms with Crippen LogP contribution >= 0.6 is 0 Å². The molecule has 0 amide bonds. The topological polar surface area (TPSA) is 127 Å². The molecule has 3 N–H and O–H groups in total. The minimum atomic E-state index is -0.931. The number of nitrogens with two attached hydrogens (primary N) is 1. The Morgan fingerprint density at radius 3 is 2.69 bits per heavy atom. The predicted molar refractivity (Wildman–Crippen MR) is 51.2 cm³/mol. The highest BCUT2D eigenvalue weighted by Crippen LogP contribution is 2.41. The van der Waals surface area contributed by atoms with Crippen LogP contribution in [0.2, 0.25) is 0 Å². The first kappa shape index (κ1) is 11.7. The monoisotopic (exact) mass is 226 g/mol. The van der Waals surface area contributed by atoms with Gasteiger partial charge in [-0.05, 0) is 25.2 Å². The summed E-state index contributed by atoms with van der Waals surface area (Å²) in [5.41, 5.74) is 1.50. The lowest BCUT2D eigenvalue weighted by atomic mass is 10.3. The second-order valence-electron chi connectivity index (χ2n) is 3.62. The molecule has 86 valence electrons. The van der Waals surface area contributed by atoms with Crippen LogP contribution in [0.15, 0.2) is 12.7 Å². The van der Waals surface area contributed by atoms with Gasteiger partial charge in [0.1, 0.15) is 5.54 Å². The first-order valence-corrected chi connectivity index (χ1v) is 4.48. The first-order valence-electron chi connectivity index (χ1n) is 4.48. The predicted octanol–water partition coefficient (Wildman–Crippen LogP) is -1.36. The third kappa shape index (κ3) is 3.09. The average molecular weight is 226 g/mol. The summed E-state index contributed by atoms with van der Waals surface area (Å²) in [6.45, 7) is 2.18. The van der Waals surface area contributed by atoms with Crippen molar-refractivity contribution >= 4 is 0 Å². The van der Waals surface area contributed by atoms with Gasteiger partial charge in [-0.2, -0.15) is 5.26 Å². The van der Waals surface area contributed by atoms with Crippen LogP contribution in [-0.2, 0) is 5.54 Å². The van der Waals surface area contributed by atoms with Gasteiger partial charge in [-0.3, -0.25) is 5.84 Å². The summed E-state index contributed by atoms with van der Waals surface area (Å²) >= 11 is 0. The van der Waals surface area contributed by atoms with Crippen LogP contribution in [0.25, 0.3) is 0 Å². The Hall–Kier alpha value is -2.37. The smallest absolute Gasteiger partial charge is 0.286 e. The molecule has 0 aromatic carbocycles. The average Bonchev–Trinajstić information content (AvgIpc) is 2.77. The van der Waals surface area contributed by atoms with Gasteiger partial charge in [0.15, 0.2) is 5.03 Å².